The van der Waals surface area contributed by atoms with Crippen LogP contribution in [-0.2, 0) is 19.2 Å². The van der Waals surface area contributed by atoms with E-state index in [1.807, 2.05) is 12.2 Å². The summed E-state index contributed by atoms with van der Waals surface area (Å²) in [7, 11) is 1.47. The van der Waals surface area contributed by atoms with Crippen LogP contribution < -0.4 is 5.48 Å². The number of hydrogen-bond acceptors (Lipinski definition) is 5. The van der Waals surface area contributed by atoms with Gasteiger partial charge in [-0.15, -0.1) is 0 Å². The van der Waals surface area contributed by atoms with Crippen molar-refractivity contribution in [1.82, 2.24) is 5.48 Å². The molecule has 0 aromatic heterocycles. The lowest BCUT2D eigenvalue weighted by molar-refractivity contribution is -0.168. The molecule has 5 aliphatic rings. The van der Waals surface area contributed by atoms with Crippen LogP contribution in [0.4, 0.5) is 0 Å². The fourth-order valence-corrected chi connectivity index (χ4v) is 9.00. The smallest absolute Gasteiger partial charge is 0.250 e. The zero-order valence-corrected chi connectivity index (χ0v) is 21.7. The zero-order chi connectivity index (χ0) is 25.4. The number of carbonyl (C=O) groups excluding carboxylic acids is 3. The molecule has 0 bridgehead atoms. The van der Waals surface area contributed by atoms with E-state index in [0.717, 1.165) is 50.5 Å². The lowest BCUT2D eigenvalue weighted by atomic mass is 9.40. The minimum atomic E-state index is -0.573. The Balaban J connectivity index is 1.62. The molecule has 3 saturated carbocycles. The number of ketones is 2. The molecule has 5 aliphatic carbocycles. The minimum absolute atomic E-state index is 0.0223. The Bertz CT molecular complexity index is 1100. The van der Waals surface area contributed by atoms with Crippen molar-refractivity contribution in [2.75, 3.05) is 7.11 Å². The van der Waals surface area contributed by atoms with Gasteiger partial charge in [-0.05, 0) is 79.6 Å². The van der Waals surface area contributed by atoms with Crippen LogP contribution in [0.2, 0.25) is 0 Å². The maximum atomic E-state index is 14.1. The number of nitrogens with zero attached hydrogens (tertiary/aromatic N) is 1. The zero-order valence-electron chi connectivity index (χ0n) is 21.7. The Morgan fingerprint density at radius 3 is 2.51 bits per heavy atom. The predicted molar refractivity (Wildman–Crippen MR) is 130 cm³/mol. The van der Waals surface area contributed by atoms with Crippen molar-refractivity contribution in [2.45, 2.75) is 79.1 Å². The van der Waals surface area contributed by atoms with Gasteiger partial charge in [0.05, 0.1) is 18.1 Å². The summed E-state index contributed by atoms with van der Waals surface area (Å²) in [6, 6.07) is 2.11. The highest BCUT2D eigenvalue weighted by Crippen LogP contribution is 2.69. The molecule has 1 amide bonds. The quantitative estimate of drug-likeness (QED) is 0.572. The van der Waals surface area contributed by atoms with Crippen molar-refractivity contribution in [3.05, 3.63) is 23.3 Å². The van der Waals surface area contributed by atoms with Gasteiger partial charge in [-0.3, -0.25) is 19.2 Å². The second kappa shape index (κ2) is 7.87. The monoisotopic (exact) mass is 478 g/mol. The van der Waals surface area contributed by atoms with Gasteiger partial charge in [-0.2, -0.15) is 5.26 Å². The summed E-state index contributed by atoms with van der Waals surface area (Å²) in [6.45, 7) is 8.94. The molecule has 6 nitrogen and oxygen atoms in total. The Hall–Kier alpha value is -2.26. The second-order valence-electron chi connectivity index (χ2n) is 13.1. The summed E-state index contributed by atoms with van der Waals surface area (Å²) in [5, 5.41) is 9.59. The molecule has 3 fully saturated rings. The minimum Gasteiger partial charge on any atom is -0.295 e. The first-order chi connectivity index (χ1) is 16.4. The molecule has 35 heavy (non-hydrogen) atoms. The van der Waals surface area contributed by atoms with Gasteiger partial charge in [-0.1, -0.05) is 39.3 Å². The summed E-state index contributed by atoms with van der Waals surface area (Å²) in [6.07, 6.45) is 10.1. The van der Waals surface area contributed by atoms with Crippen LogP contribution in [0.25, 0.3) is 0 Å². The number of nitriles is 1. The first-order valence-electron chi connectivity index (χ1n) is 13.2. The van der Waals surface area contributed by atoms with E-state index in [0.29, 0.717) is 6.42 Å². The number of hydroxylamine groups is 1. The predicted octanol–water partition coefficient (Wildman–Crippen LogP) is 4.86. The molecule has 1 N–H and O–H groups in total. The van der Waals surface area contributed by atoms with Gasteiger partial charge in [-0.25, -0.2) is 5.48 Å². The first-order valence-corrected chi connectivity index (χ1v) is 13.2. The summed E-state index contributed by atoms with van der Waals surface area (Å²) >= 11 is 0. The average Bonchev–Trinajstić information content (AvgIpc) is 2.80. The van der Waals surface area contributed by atoms with Crippen LogP contribution in [0.1, 0.15) is 79.1 Å². The molecule has 7 atom stereocenters. The summed E-state index contributed by atoms with van der Waals surface area (Å²) < 4.78 is 0. The molecule has 0 aromatic rings. The molecular weight excluding hydrogens is 440 g/mol. The summed E-state index contributed by atoms with van der Waals surface area (Å²) in [4.78, 5) is 45.0. The highest BCUT2D eigenvalue weighted by atomic mass is 16.6. The van der Waals surface area contributed by atoms with Crippen LogP contribution in [0.5, 0.6) is 0 Å². The molecule has 5 rings (SSSR count). The van der Waals surface area contributed by atoms with Gasteiger partial charge in [0.1, 0.15) is 6.07 Å². The third kappa shape index (κ3) is 3.34. The van der Waals surface area contributed by atoms with Crippen molar-refractivity contribution in [1.29, 1.82) is 5.26 Å². The Morgan fingerprint density at radius 1 is 1.09 bits per heavy atom. The van der Waals surface area contributed by atoms with E-state index in [4.69, 9.17) is 4.84 Å². The maximum Gasteiger partial charge on any atom is 0.250 e. The Kier molecular flexibility index (Phi) is 5.49. The summed E-state index contributed by atoms with van der Waals surface area (Å²) in [5.74, 6) is 0.0526. The standard InChI is InChI=1S/C29H38N2O4/c1-26(2)10-11-29(25(34)31-35-5)9-7-19-24(20(29)15-26)22(33)13-23-27(19,3)8-6-18-12-21(32)17(16-30)14-28(18,23)4/h13-14,18-20,24H,6-12,15H2,1-5H3,(H,31,34). The van der Waals surface area contributed by atoms with Crippen LogP contribution in [0, 0.1) is 56.7 Å². The van der Waals surface area contributed by atoms with E-state index in [9.17, 15) is 19.6 Å². The number of nitrogens with one attached hydrogen (secondary N) is 1. The van der Waals surface area contributed by atoms with Gasteiger partial charge < -0.3 is 0 Å². The molecule has 6 heteroatoms. The number of rotatable bonds is 2. The fraction of sp³-hybridized carbons (Fsp3) is 0.724. The number of amides is 1. The Morgan fingerprint density at radius 2 is 1.83 bits per heavy atom. The van der Waals surface area contributed by atoms with Crippen LogP contribution in [-0.4, -0.2) is 24.6 Å². The number of hydrogen-bond donors (Lipinski definition) is 1. The Labute approximate surface area is 208 Å². The van der Waals surface area contributed by atoms with Crippen LogP contribution in [0.3, 0.4) is 0 Å². The van der Waals surface area contributed by atoms with E-state index in [-0.39, 0.29) is 57.5 Å². The average molecular weight is 479 g/mol. The highest BCUT2D eigenvalue weighted by molar-refractivity contribution is 6.01. The topological polar surface area (TPSA) is 96.3 Å². The molecular formula is C29H38N2O4. The van der Waals surface area contributed by atoms with Crippen molar-refractivity contribution >= 4 is 17.5 Å². The van der Waals surface area contributed by atoms with E-state index in [1.165, 1.54) is 7.11 Å². The summed E-state index contributed by atoms with van der Waals surface area (Å²) in [5.41, 5.74) is 2.83. The fourth-order valence-electron chi connectivity index (χ4n) is 9.00. The molecule has 7 unspecified atom stereocenters. The van der Waals surface area contributed by atoms with Crippen LogP contribution in [0.15, 0.2) is 23.3 Å². The molecule has 0 aromatic carbocycles. The van der Waals surface area contributed by atoms with Gasteiger partial charge in [0.2, 0.25) is 5.91 Å². The van der Waals surface area contributed by atoms with Gasteiger partial charge >= 0.3 is 0 Å². The maximum absolute atomic E-state index is 14.1. The molecule has 0 aliphatic heterocycles. The molecule has 0 heterocycles. The first kappa shape index (κ1) is 24.4. The third-order valence-electron chi connectivity index (χ3n) is 10.9. The van der Waals surface area contributed by atoms with E-state index >= 15 is 0 Å². The van der Waals surface area contributed by atoms with Gasteiger partial charge in [0, 0.05) is 17.8 Å². The molecule has 0 radical (unpaired) electrons. The number of carbonyl (C=O) groups is 3. The lowest BCUT2D eigenvalue weighted by Gasteiger charge is -2.63. The normalized spacial score (nSPS) is 43.9. The molecule has 0 spiro atoms. The van der Waals surface area contributed by atoms with E-state index in [1.54, 1.807) is 0 Å². The number of Topliss-reactive ketones (excluding diaryl/α,β-unsaturated/α-hetero) is 1. The SMILES string of the molecule is CONC(=O)C12CCC3C(C(=O)C=C4C5(C)C=C(C#N)C(=O)CC5CCC43C)C1CC(C)(C)CC2. The highest BCUT2D eigenvalue weighted by Gasteiger charge is 2.65. The molecule has 0 saturated heterocycles. The van der Waals surface area contributed by atoms with Crippen LogP contribution >= 0.6 is 0 Å². The van der Waals surface area contributed by atoms with Crippen molar-refractivity contribution < 1.29 is 19.2 Å². The largest absolute Gasteiger partial charge is 0.295 e. The molecule has 188 valence electrons. The van der Waals surface area contributed by atoms with E-state index < -0.39 is 10.8 Å². The third-order valence-corrected chi connectivity index (χ3v) is 10.9. The number of fused-ring (bicyclic) bond motifs is 7. The van der Waals surface area contributed by atoms with Crippen molar-refractivity contribution in [3.8, 4) is 6.07 Å². The van der Waals surface area contributed by atoms with E-state index in [2.05, 4.69) is 39.2 Å². The number of allylic oxidation sites excluding steroid dienone is 4. The second-order valence-corrected chi connectivity index (χ2v) is 13.1. The van der Waals surface area contributed by atoms with Crippen molar-refractivity contribution in [2.24, 2.45) is 45.3 Å². The van der Waals surface area contributed by atoms with Crippen molar-refractivity contribution in [3.63, 3.8) is 0 Å². The van der Waals surface area contributed by atoms with Gasteiger partial charge in [0.15, 0.2) is 11.6 Å². The van der Waals surface area contributed by atoms with Gasteiger partial charge in [0.25, 0.3) is 0 Å². The lowest BCUT2D eigenvalue weighted by Crippen LogP contribution is -2.61.